The molecule has 2 aromatic rings. The number of likely N-dealkylation sites (N-methyl/N-ethyl adjacent to an activating group) is 1. The fourth-order valence-corrected chi connectivity index (χ4v) is 2.92. The Bertz CT molecular complexity index is 706. The summed E-state index contributed by atoms with van der Waals surface area (Å²) in [6, 6.07) is 8.19. The normalized spacial score (nSPS) is 15.8. The molecule has 1 fully saturated rings. The van der Waals surface area contributed by atoms with Crippen LogP contribution >= 0.6 is 0 Å². The van der Waals surface area contributed by atoms with Gasteiger partial charge in [0.15, 0.2) is 5.82 Å². The minimum Gasteiger partial charge on any atom is -0.348 e. The van der Waals surface area contributed by atoms with E-state index in [1.54, 1.807) is 0 Å². The third-order valence-electron chi connectivity index (χ3n) is 4.72. The number of nitrogens with one attached hydrogen (secondary N) is 1. The van der Waals surface area contributed by atoms with Crippen molar-refractivity contribution < 1.29 is 9.32 Å². The van der Waals surface area contributed by atoms with E-state index >= 15 is 0 Å². The SMILES string of the molecule is Cc1ccc([C@@H](C)NC(=O)CN(C)Cc2noc(C3CCC3)n2)cc1. The number of carbonyl (C=O) groups excluding carboxylic acids is 1. The van der Waals surface area contributed by atoms with Gasteiger partial charge in [0.1, 0.15) is 0 Å². The topological polar surface area (TPSA) is 71.3 Å². The van der Waals surface area contributed by atoms with Crippen LogP contribution in [-0.2, 0) is 11.3 Å². The van der Waals surface area contributed by atoms with E-state index in [4.69, 9.17) is 4.52 Å². The highest BCUT2D eigenvalue weighted by molar-refractivity contribution is 5.78. The van der Waals surface area contributed by atoms with Crippen LogP contribution in [0.1, 0.15) is 61.0 Å². The number of carbonyl (C=O) groups is 1. The van der Waals surface area contributed by atoms with E-state index in [1.807, 2.05) is 31.0 Å². The van der Waals surface area contributed by atoms with E-state index in [2.05, 4.69) is 34.5 Å². The van der Waals surface area contributed by atoms with Gasteiger partial charge in [0.25, 0.3) is 0 Å². The summed E-state index contributed by atoms with van der Waals surface area (Å²) in [5.41, 5.74) is 2.31. The highest BCUT2D eigenvalue weighted by atomic mass is 16.5. The molecule has 0 saturated heterocycles. The molecule has 134 valence electrons. The molecular weight excluding hydrogens is 316 g/mol. The molecule has 0 bridgehead atoms. The molecule has 0 spiro atoms. The Hall–Kier alpha value is -2.21. The Morgan fingerprint density at radius 1 is 1.36 bits per heavy atom. The molecule has 1 aromatic carbocycles. The predicted molar refractivity (Wildman–Crippen MR) is 95.0 cm³/mol. The van der Waals surface area contributed by atoms with Crippen LogP contribution in [0.3, 0.4) is 0 Å². The first kappa shape index (κ1) is 17.6. The minimum absolute atomic E-state index is 0.0155. The van der Waals surface area contributed by atoms with Gasteiger partial charge in [-0.2, -0.15) is 4.98 Å². The van der Waals surface area contributed by atoms with Crippen molar-refractivity contribution in [2.24, 2.45) is 0 Å². The maximum atomic E-state index is 12.2. The zero-order chi connectivity index (χ0) is 17.8. The predicted octanol–water partition coefficient (Wildman–Crippen LogP) is 2.95. The van der Waals surface area contributed by atoms with E-state index in [1.165, 1.54) is 12.0 Å². The molecule has 1 atom stereocenters. The average molecular weight is 342 g/mol. The molecule has 0 radical (unpaired) electrons. The first-order chi connectivity index (χ1) is 12.0. The van der Waals surface area contributed by atoms with Crippen LogP contribution in [0.4, 0.5) is 0 Å². The third kappa shape index (κ3) is 4.66. The van der Waals surface area contributed by atoms with E-state index in [0.717, 1.165) is 24.3 Å². The number of benzene rings is 1. The number of hydrogen-bond acceptors (Lipinski definition) is 5. The molecule has 25 heavy (non-hydrogen) atoms. The summed E-state index contributed by atoms with van der Waals surface area (Å²) in [6.07, 6.45) is 3.51. The Labute approximate surface area is 148 Å². The third-order valence-corrected chi connectivity index (χ3v) is 4.72. The molecule has 0 unspecified atom stereocenters. The standard InChI is InChI=1S/C19H26N4O2/c1-13-7-9-15(10-8-13)14(2)20-18(24)12-23(3)11-17-21-19(25-22-17)16-5-4-6-16/h7-10,14,16H,4-6,11-12H2,1-3H3,(H,20,24)/t14-/m1/s1. The maximum absolute atomic E-state index is 12.2. The van der Waals surface area contributed by atoms with Gasteiger partial charge in [0.05, 0.1) is 19.1 Å². The molecule has 1 aliphatic rings. The van der Waals surface area contributed by atoms with Crippen molar-refractivity contribution in [1.29, 1.82) is 0 Å². The van der Waals surface area contributed by atoms with E-state index < -0.39 is 0 Å². The largest absolute Gasteiger partial charge is 0.348 e. The maximum Gasteiger partial charge on any atom is 0.234 e. The number of rotatable bonds is 7. The summed E-state index contributed by atoms with van der Waals surface area (Å²) in [5.74, 6) is 1.80. The molecular formula is C19H26N4O2. The lowest BCUT2D eigenvalue weighted by Crippen LogP contribution is -2.36. The van der Waals surface area contributed by atoms with Gasteiger partial charge < -0.3 is 9.84 Å². The van der Waals surface area contributed by atoms with Crippen LogP contribution in [0.2, 0.25) is 0 Å². The molecule has 6 heteroatoms. The molecule has 1 aliphatic carbocycles. The smallest absolute Gasteiger partial charge is 0.234 e. The Balaban J connectivity index is 1.46. The van der Waals surface area contributed by atoms with Gasteiger partial charge >= 0.3 is 0 Å². The second-order valence-corrected chi connectivity index (χ2v) is 7.05. The minimum atomic E-state index is -0.0168. The Kier molecular flexibility index (Phi) is 5.48. The zero-order valence-electron chi connectivity index (χ0n) is 15.2. The van der Waals surface area contributed by atoms with Gasteiger partial charge in [-0.25, -0.2) is 0 Å². The second kappa shape index (κ2) is 7.78. The van der Waals surface area contributed by atoms with Gasteiger partial charge in [0, 0.05) is 5.92 Å². The number of aryl methyl sites for hydroxylation is 1. The highest BCUT2D eigenvalue weighted by Gasteiger charge is 2.25. The van der Waals surface area contributed by atoms with Crippen molar-refractivity contribution in [2.45, 2.75) is 51.6 Å². The second-order valence-electron chi connectivity index (χ2n) is 7.05. The van der Waals surface area contributed by atoms with Gasteiger partial charge in [-0.1, -0.05) is 41.4 Å². The fraction of sp³-hybridized carbons (Fsp3) is 0.526. The molecule has 1 heterocycles. The number of hydrogen-bond donors (Lipinski definition) is 1. The molecule has 1 aromatic heterocycles. The zero-order valence-corrected chi connectivity index (χ0v) is 15.2. The van der Waals surface area contributed by atoms with Crippen molar-refractivity contribution in [1.82, 2.24) is 20.4 Å². The molecule has 0 aliphatic heterocycles. The molecule has 1 N–H and O–H groups in total. The summed E-state index contributed by atoms with van der Waals surface area (Å²) in [6.45, 7) is 4.84. The summed E-state index contributed by atoms with van der Waals surface area (Å²) in [7, 11) is 1.88. The van der Waals surface area contributed by atoms with Gasteiger partial charge in [-0.05, 0) is 39.3 Å². The first-order valence-electron chi connectivity index (χ1n) is 8.88. The Morgan fingerprint density at radius 3 is 2.72 bits per heavy atom. The van der Waals surface area contributed by atoms with Crippen LogP contribution in [0.25, 0.3) is 0 Å². The van der Waals surface area contributed by atoms with Gasteiger partial charge in [0.2, 0.25) is 11.8 Å². The highest BCUT2D eigenvalue weighted by Crippen LogP contribution is 2.35. The van der Waals surface area contributed by atoms with E-state index in [-0.39, 0.29) is 11.9 Å². The number of aromatic nitrogens is 2. The number of amides is 1. The lowest BCUT2D eigenvalue weighted by atomic mass is 9.85. The van der Waals surface area contributed by atoms with Crippen LogP contribution in [0, 0.1) is 6.92 Å². The first-order valence-corrected chi connectivity index (χ1v) is 8.88. The van der Waals surface area contributed by atoms with Gasteiger partial charge in [-0.15, -0.1) is 0 Å². The van der Waals surface area contributed by atoms with Crippen molar-refractivity contribution in [3.63, 3.8) is 0 Å². The average Bonchev–Trinajstić information content (AvgIpc) is 2.93. The van der Waals surface area contributed by atoms with Crippen molar-refractivity contribution in [3.8, 4) is 0 Å². The fourth-order valence-electron chi connectivity index (χ4n) is 2.92. The van der Waals surface area contributed by atoms with Crippen LogP contribution in [0.5, 0.6) is 0 Å². The molecule has 1 amide bonds. The van der Waals surface area contributed by atoms with Crippen molar-refractivity contribution >= 4 is 5.91 Å². The molecule has 3 rings (SSSR count). The monoisotopic (exact) mass is 342 g/mol. The van der Waals surface area contributed by atoms with Gasteiger partial charge in [-0.3, -0.25) is 9.69 Å². The summed E-state index contributed by atoms with van der Waals surface area (Å²) >= 11 is 0. The molecule has 6 nitrogen and oxygen atoms in total. The Morgan fingerprint density at radius 2 is 2.08 bits per heavy atom. The van der Waals surface area contributed by atoms with E-state index in [9.17, 15) is 4.79 Å². The van der Waals surface area contributed by atoms with Crippen LogP contribution in [-0.4, -0.2) is 34.5 Å². The summed E-state index contributed by atoms with van der Waals surface area (Å²) < 4.78 is 5.32. The summed E-state index contributed by atoms with van der Waals surface area (Å²) in [4.78, 5) is 18.6. The lowest BCUT2D eigenvalue weighted by molar-refractivity contribution is -0.122. The number of nitrogens with zero attached hydrogens (tertiary/aromatic N) is 3. The lowest BCUT2D eigenvalue weighted by Gasteiger charge is -2.20. The quantitative estimate of drug-likeness (QED) is 0.837. The molecule has 1 saturated carbocycles. The van der Waals surface area contributed by atoms with E-state index in [0.29, 0.717) is 24.8 Å². The van der Waals surface area contributed by atoms with Crippen LogP contribution < -0.4 is 5.32 Å². The van der Waals surface area contributed by atoms with Crippen molar-refractivity contribution in [2.75, 3.05) is 13.6 Å². The van der Waals surface area contributed by atoms with Crippen LogP contribution in [0.15, 0.2) is 28.8 Å². The summed E-state index contributed by atoms with van der Waals surface area (Å²) in [5, 5.41) is 7.05. The van der Waals surface area contributed by atoms with Crippen molar-refractivity contribution in [3.05, 3.63) is 47.1 Å².